The first kappa shape index (κ1) is 19.1. The molecule has 0 saturated carbocycles. The summed E-state index contributed by atoms with van der Waals surface area (Å²) < 4.78 is 5.62. The van der Waals surface area contributed by atoms with E-state index in [9.17, 15) is 9.59 Å². The predicted octanol–water partition coefficient (Wildman–Crippen LogP) is 3.84. The standard InChI is InChI=1S/C24H24N2O3/c1-16-21(24(28)29-15-13-17-8-3-2-4-9-17)23(18-10-5-6-14-25-18)22-19(26-16)11-7-12-20(22)27/h2-6,8-10,14,23,26H,7,11-13,15H2,1H3. The molecule has 1 aliphatic carbocycles. The van der Waals surface area contributed by atoms with Gasteiger partial charge in [0.25, 0.3) is 0 Å². The number of hydrogen-bond acceptors (Lipinski definition) is 5. The Labute approximate surface area is 170 Å². The SMILES string of the molecule is CC1=C(C(=O)OCCc2ccccc2)C(c2ccccn2)C2=C(CCCC2=O)N1. The largest absolute Gasteiger partial charge is 0.462 e. The lowest BCUT2D eigenvalue weighted by Gasteiger charge is -2.33. The van der Waals surface area contributed by atoms with Crippen LogP contribution in [-0.4, -0.2) is 23.3 Å². The number of hydrogen-bond donors (Lipinski definition) is 1. The zero-order valence-corrected chi connectivity index (χ0v) is 16.5. The molecule has 29 heavy (non-hydrogen) atoms. The average Bonchev–Trinajstić information content (AvgIpc) is 2.74. The molecular formula is C24H24N2O3. The number of pyridine rings is 1. The van der Waals surface area contributed by atoms with E-state index in [1.165, 1.54) is 0 Å². The smallest absolute Gasteiger partial charge is 0.336 e. The van der Waals surface area contributed by atoms with E-state index in [-0.39, 0.29) is 12.4 Å². The van der Waals surface area contributed by atoms with Crippen molar-refractivity contribution in [3.05, 3.63) is 88.5 Å². The molecule has 1 aromatic heterocycles. The van der Waals surface area contributed by atoms with Crippen molar-refractivity contribution in [1.82, 2.24) is 10.3 Å². The average molecular weight is 388 g/mol. The summed E-state index contributed by atoms with van der Waals surface area (Å²) >= 11 is 0. The molecular weight excluding hydrogens is 364 g/mol. The van der Waals surface area contributed by atoms with Gasteiger partial charge in [0.05, 0.1) is 23.8 Å². The van der Waals surface area contributed by atoms with Crippen LogP contribution in [0.2, 0.25) is 0 Å². The van der Waals surface area contributed by atoms with Crippen LogP contribution in [0.5, 0.6) is 0 Å². The first-order chi connectivity index (χ1) is 14.1. The number of rotatable bonds is 5. The van der Waals surface area contributed by atoms with Crippen LogP contribution in [0.15, 0.2) is 77.3 Å². The Morgan fingerprint density at radius 1 is 1.14 bits per heavy atom. The van der Waals surface area contributed by atoms with E-state index >= 15 is 0 Å². The van der Waals surface area contributed by atoms with Crippen LogP contribution < -0.4 is 5.32 Å². The molecule has 2 aliphatic rings. The van der Waals surface area contributed by atoms with Gasteiger partial charge >= 0.3 is 5.97 Å². The fourth-order valence-electron chi connectivity index (χ4n) is 4.08. The van der Waals surface area contributed by atoms with Crippen LogP contribution in [0, 0.1) is 0 Å². The summed E-state index contributed by atoms with van der Waals surface area (Å²) in [6.45, 7) is 2.15. The van der Waals surface area contributed by atoms with Gasteiger partial charge in [0.2, 0.25) is 0 Å². The van der Waals surface area contributed by atoms with Gasteiger partial charge in [0.1, 0.15) is 0 Å². The Morgan fingerprint density at radius 3 is 2.69 bits per heavy atom. The van der Waals surface area contributed by atoms with Gasteiger partial charge < -0.3 is 10.1 Å². The molecule has 1 unspecified atom stereocenters. The summed E-state index contributed by atoms with van der Waals surface area (Å²) in [5.74, 6) is -0.799. The number of nitrogens with one attached hydrogen (secondary N) is 1. The number of aromatic nitrogens is 1. The summed E-state index contributed by atoms with van der Waals surface area (Å²) in [5, 5.41) is 3.30. The molecule has 5 heteroatoms. The van der Waals surface area contributed by atoms with Crippen LogP contribution in [0.25, 0.3) is 0 Å². The quantitative estimate of drug-likeness (QED) is 0.789. The fraction of sp³-hybridized carbons (Fsp3) is 0.292. The van der Waals surface area contributed by atoms with Crippen molar-refractivity contribution in [2.75, 3.05) is 6.61 Å². The number of esters is 1. The summed E-state index contributed by atoms with van der Waals surface area (Å²) in [6.07, 6.45) is 4.47. The van der Waals surface area contributed by atoms with Crippen LogP contribution in [-0.2, 0) is 20.7 Å². The first-order valence-corrected chi connectivity index (χ1v) is 10.0. The number of carbonyl (C=O) groups is 2. The minimum atomic E-state index is -0.482. The molecule has 148 valence electrons. The van der Waals surface area contributed by atoms with Crippen LogP contribution in [0.4, 0.5) is 0 Å². The zero-order valence-electron chi connectivity index (χ0n) is 16.5. The van der Waals surface area contributed by atoms with Gasteiger partial charge in [-0.05, 0) is 37.5 Å². The molecule has 1 aliphatic heterocycles. The summed E-state index contributed by atoms with van der Waals surface area (Å²) in [7, 11) is 0. The first-order valence-electron chi connectivity index (χ1n) is 10.0. The molecule has 0 amide bonds. The molecule has 0 bridgehead atoms. The van der Waals surface area contributed by atoms with E-state index < -0.39 is 11.9 Å². The second kappa shape index (κ2) is 8.43. The number of carbonyl (C=O) groups excluding carboxylic acids is 2. The van der Waals surface area contributed by atoms with Gasteiger partial charge in [0.15, 0.2) is 5.78 Å². The molecule has 1 N–H and O–H groups in total. The third-order valence-corrected chi connectivity index (χ3v) is 5.45. The Morgan fingerprint density at radius 2 is 1.93 bits per heavy atom. The van der Waals surface area contributed by atoms with Crippen molar-refractivity contribution in [1.29, 1.82) is 0 Å². The van der Waals surface area contributed by atoms with Gasteiger partial charge in [-0.15, -0.1) is 0 Å². The van der Waals surface area contributed by atoms with Crippen molar-refractivity contribution in [3.8, 4) is 0 Å². The number of benzene rings is 1. The maximum absolute atomic E-state index is 13.1. The van der Waals surface area contributed by atoms with E-state index in [0.717, 1.165) is 29.8 Å². The third kappa shape index (κ3) is 3.99. The maximum atomic E-state index is 13.1. The Hall–Kier alpha value is -3.21. The molecule has 0 saturated heterocycles. The van der Waals surface area contributed by atoms with Crippen molar-refractivity contribution in [2.45, 2.75) is 38.5 Å². The highest BCUT2D eigenvalue weighted by atomic mass is 16.5. The predicted molar refractivity (Wildman–Crippen MR) is 110 cm³/mol. The second-order valence-electron chi connectivity index (χ2n) is 7.39. The monoisotopic (exact) mass is 388 g/mol. The van der Waals surface area contributed by atoms with Crippen LogP contribution in [0.1, 0.15) is 43.4 Å². The summed E-state index contributed by atoms with van der Waals surface area (Å²) in [5.41, 5.74) is 4.60. The maximum Gasteiger partial charge on any atom is 0.336 e. The molecule has 0 fully saturated rings. The molecule has 1 aromatic carbocycles. The fourth-order valence-corrected chi connectivity index (χ4v) is 4.08. The number of allylic oxidation sites excluding steroid dienone is 3. The van der Waals surface area contributed by atoms with Crippen molar-refractivity contribution < 1.29 is 14.3 Å². The van der Waals surface area contributed by atoms with Gasteiger partial charge in [-0.1, -0.05) is 36.4 Å². The summed E-state index contributed by atoms with van der Waals surface area (Å²) in [6, 6.07) is 15.5. The molecule has 0 spiro atoms. The van der Waals surface area contributed by atoms with E-state index in [4.69, 9.17) is 4.74 Å². The Kier molecular flexibility index (Phi) is 5.56. The molecule has 2 heterocycles. The van der Waals surface area contributed by atoms with E-state index in [1.807, 2.05) is 55.5 Å². The third-order valence-electron chi connectivity index (χ3n) is 5.45. The highest BCUT2D eigenvalue weighted by Crippen LogP contribution is 2.41. The van der Waals surface area contributed by atoms with Crippen molar-refractivity contribution in [3.63, 3.8) is 0 Å². The van der Waals surface area contributed by atoms with Crippen LogP contribution in [0.3, 0.4) is 0 Å². The van der Waals surface area contributed by atoms with Gasteiger partial charge in [0, 0.05) is 36.0 Å². The number of ether oxygens (including phenoxy) is 1. The topological polar surface area (TPSA) is 68.3 Å². The molecule has 0 radical (unpaired) electrons. The lowest BCUT2D eigenvalue weighted by molar-refractivity contribution is -0.139. The zero-order chi connectivity index (χ0) is 20.2. The van der Waals surface area contributed by atoms with Gasteiger partial charge in [-0.2, -0.15) is 0 Å². The van der Waals surface area contributed by atoms with Gasteiger partial charge in [-0.25, -0.2) is 4.79 Å². The number of dihydropyridines is 1. The molecule has 1 atom stereocenters. The number of nitrogens with zero attached hydrogens (tertiary/aromatic N) is 1. The number of ketones is 1. The van der Waals surface area contributed by atoms with E-state index in [1.54, 1.807) is 6.20 Å². The summed E-state index contributed by atoms with van der Waals surface area (Å²) in [4.78, 5) is 30.3. The lowest BCUT2D eigenvalue weighted by atomic mass is 9.77. The minimum Gasteiger partial charge on any atom is -0.462 e. The Balaban J connectivity index is 1.61. The minimum absolute atomic E-state index is 0.0801. The van der Waals surface area contributed by atoms with E-state index in [0.29, 0.717) is 29.7 Å². The molecule has 2 aromatic rings. The normalized spacial score (nSPS) is 18.9. The van der Waals surface area contributed by atoms with Crippen LogP contribution >= 0.6 is 0 Å². The van der Waals surface area contributed by atoms with Gasteiger partial charge in [-0.3, -0.25) is 9.78 Å². The lowest BCUT2D eigenvalue weighted by Crippen LogP contribution is -2.34. The highest BCUT2D eigenvalue weighted by molar-refractivity contribution is 6.03. The van der Waals surface area contributed by atoms with E-state index in [2.05, 4.69) is 10.3 Å². The molecule has 4 rings (SSSR count). The second-order valence-corrected chi connectivity index (χ2v) is 7.39. The highest BCUT2D eigenvalue weighted by Gasteiger charge is 2.39. The van der Waals surface area contributed by atoms with Crippen molar-refractivity contribution >= 4 is 11.8 Å². The Bertz CT molecular complexity index is 978. The molecule has 5 nitrogen and oxygen atoms in total. The van der Waals surface area contributed by atoms with Crippen molar-refractivity contribution in [2.24, 2.45) is 0 Å². The number of Topliss-reactive ketones (excluding diaryl/α,β-unsaturated/α-hetero) is 1.